The van der Waals surface area contributed by atoms with Crippen LogP contribution in [0.5, 0.6) is 0 Å². The average Bonchev–Trinajstić information content (AvgIpc) is 2.65. The SMILES string of the molecule is CCN(CC)CCCNc1cc(N)ns1. The van der Waals surface area contributed by atoms with Crippen molar-refractivity contribution in [1.82, 2.24) is 9.27 Å². The third kappa shape index (κ3) is 4.48. The first kappa shape index (κ1) is 12.3. The van der Waals surface area contributed by atoms with E-state index in [2.05, 4.69) is 28.4 Å². The highest BCUT2D eigenvalue weighted by Gasteiger charge is 1.99. The lowest BCUT2D eigenvalue weighted by molar-refractivity contribution is 0.303. The van der Waals surface area contributed by atoms with Crippen LogP contribution in [0.15, 0.2) is 6.07 Å². The Kier molecular flexibility index (Phi) is 5.42. The van der Waals surface area contributed by atoms with Gasteiger partial charge in [-0.2, -0.15) is 4.37 Å². The van der Waals surface area contributed by atoms with Gasteiger partial charge >= 0.3 is 0 Å². The molecule has 4 nitrogen and oxygen atoms in total. The number of nitrogens with two attached hydrogens (primary N) is 1. The van der Waals surface area contributed by atoms with E-state index in [1.54, 1.807) is 0 Å². The van der Waals surface area contributed by atoms with Crippen LogP contribution in [0.4, 0.5) is 10.8 Å². The van der Waals surface area contributed by atoms with Crippen LogP contribution < -0.4 is 11.1 Å². The van der Waals surface area contributed by atoms with Gasteiger partial charge in [0.1, 0.15) is 10.8 Å². The summed E-state index contributed by atoms with van der Waals surface area (Å²) in [5.74, 6) is 0.603. The molecule has 0 aromatic carbocycles. The molecule has 3 N–H and O–H groups in total. The van der Waals surface area contributed by atoms with Crippen molar-refractivity contribution in [2.75, 3.05) is 37.2 Å². The molecule has 5 heteroatoms. The number of rotatable bonds is 7. The van der Waals surface area contributed by atoms with E-state index >= 15 is 0 Å². The molecule has 0 aliphatic rings. The van der Waals surface area contributed by atoms with Gasteiger partial charge < -0.3 is 16.0 Å². The molecule has 86 valence electrons. The summed E-state index contributed by atoms with van der Waals surface area (Å²) in [6, 6.07) is 1.88. The van der Waals surface area contributed by atoms with Crippen molar-refractivity contribution in [2.45, 2.75) is 20.3 Å². The van der Waals surface area contributed by atoms with Gasteiger partial charge in [-0.15, -0.1) is 0 Å². The Morgan fingerprint density at radius 3 is 2.73 bits per heavy atom. The Balaban J connectivity index is 2.11. The number of nitrogens with one attached hydrogen (secondary N) is 1. The van der Waals surface area contributed by atoms with Crippen LogP contribution >= 0.6 is 11.5 Å². The normalized spacial score (nSPS) is 10.9. The second-order valence-electron chi connectivity index (χ2n) is 3.42. The fourth-order valence-electron chi connectivity index (χ4n) is 1.43. The largest absolute Gasteiger partial charge is 0.383 e. The van der Waals surface area contributed by atoms with Gasteiger partial charge in [-0.1, -0.05) is 13.8 Å². The fourth-order valence-corrected chi connectivity index (χ4v) is 2.02. The van der Waals surface area contributed by atoms with E-state index in [0.717, 1.165) is 37.6 Å². The Morgan fingerprint density at radius 1 is 1.47 bits per heavy atom. The predicted octanol–water partition coefficient (Wildman–Crippen LogP) is 1.87. The molecule has 15 heavy (non-hydrogen) atoms. The van der Waals surface area contributed by atoms with Crippen molar-refractivity contribution in [3.63, 3.8) is 0 Å². The van der Waals surface area contributed by atoms with Crippen LogP contribution in [-0.4, -0.2) is 35.5 Å². The highest BCUT2D eigenvalue weighted by molar-refractivity contribution is 7.10. The average molecular weight is 228 g/mol. The van der Waals surface area contributed by atoms with Crippen LogP contribution in [0.2, 0.25) is 0 Å². The second kappa shape index (κ2) is 6.63. The van der Waals surface area contributed by atoms with Crippen molar-refractivity contribution in [2.24, 2.45) is 0 Å². The van der Waals surface area contributed by atoms with Crippen LogP contribution in [0.25, 0.3) is 0 Å². The van der Waals surface area contributed by atoms with E-state index < -0.39 is 0 Å². The zero-order chi connectivity index (χ0) is 11.1. The summed E-state index contributed by atoms with van der Waals surface area (Å²) < 4.78 is 4.01. The van der Waals surface area contributed by atoms with Gasteiger partial charge in [0.25, 0.3) is 0 Å². The maximum absolute atomic E-state index is 5.53. The van der Waals surface area contributed by atoms with Gasteiger partial charge in [0, 0.05) is 12.6 Å². The molecule has 0 fully saturated rings. The molecular weight excluding hydrogens is 208 g/mol. The first-order valence-corrected chi connectivity index (χ1v) is 6.22. The topological polar surface area (TPSA) is 54.2 Å². The Hall–Kier alpha value is -0.810. The summed E-state index contributed by atoms with van der Waals surface area (Å²) in [6.45, 7) is 8.78. The second-order valence-corrected chi connectivity index (χ2v) is 4.23. The van der Waals surface area contributed by atoms with E-state index in [1.165, 1.54) is 11.5 Å². The maximum atomic E-state index is 5.53. The minimum Gasteiger partial charge on any atom is -0.383 e. The summed E-state index contributed by atoms with van der Waals surface area (Å²) in [5.41, 5.74) is 5.53. The number of nitrogen functional groups attached to an aromatic ring is 1. The molecule has 0 saturated heterocycles. The number of anilines is 2. The third-order valence-electron chi connectivity index (χ3n) is 2.37. The van der Waals surface area contributed by atoms with Gasteiger partial charge in [-0.3, -0.25) is 0 Å². The van der Waals surface area contributed by atoms with Crippen molar-refractivity contribution in [1.29, 1.82) is 0 Å². The molecule has 0 aliphatic heterocycles. The van der Waals surface area contributed by atoms with Crippen molar-refractivity contribution in [3.8, 4) is 0 Å². The number of hydrogen-bond acceptors (Lipinski definition) is 5. The Labute approximate surface area is 95.6 Å². The molecule has 0 unspecified atom stereocenters. The summed E-state index contributed by atoms with van der Waals surface area (Å²) in [5, 5.41) is 4.38. The molecule has 0 bridgehead atoms. The smallest absolute Gasteiger partial charge is 0.139 e. The molecule has 0 aliphatic carbocycles. The lowest BCUT2D eigenvalue weighted by atomic mass is 10.3. The van der Waals surface area contributed by atoms with Crippen LogP contribution in [0.1, 0.15) is 20.3 Å². The molecule has 0 radical (unpaired) electrons. The van der Waals surface area contributed by atoms with E-state index in [-0.39, 0.29) is 0 Å². The van der Waals surface area contributed by atoms with E-state index in [1.807, 2.05) is 6.07 Å². The minimum absolute atomic E-state index is 0.603. The molecule has 0 saturated carbocycles. The van der Waals surface area contributed by atoms with Gasteiger partial charge in [-0.05, 0) is 37.6 Å². The summed E-state index contributed by atoms with van der Waals surface area (Å²) in [4.78, 5) is 2.42. The number of aromatic nitrogens is 1. The molecule has 1 heterocycles. The highest BCUT2D eigenvalue weighted by atomic mass is 32.1. The van der Waals surface area contributed by atoms with Crippen LogP contribution in [-0.2, 0) is 0 Å². The minimum atomic E-state index is 0.603. The van der Waals surface area contributed by atoms with Gasteiger partial charge in [-0.25, -0.2) is 0 Å². The van der Waals surface area contributed by atoms with Crippen molar-refractivity contribution in [3.05, 3.63) is 6.07 Å². The lowest BCUT2D eigenvalue weighted by Gasteiger charge is -2.17. The maximum Gasteiger partial charge on any atom is 0.139 e. The van der Waals surface area contributed by atoms with Gasteiger partial charge in [0.05, 0.1) is 0 Å². The zero-order valence-corrected chi connectivity index (χ0v) is 10.3. The number of hydrogen-bond donors (Lipinski definition) is 2. The highest BCUT2D eigenvalue weighted by Crippen LogP contribution is 2.16. The first-order chi connectivity index (χ1) is 7.26. The summed E-state index contributed by atoms with van der Waals surface area (Å²) in [6.07, 6.45) is 1.15. The Morgan fingerprint density at radius 2 is 2.20 bits per heavy atom. The zero-order valence-electron chi connectivity index (χ0n) is 9.49. The molecule has 1 rings (SSSR count). The van der Waals surface area contributed by atoms with Crippen molar-refractivity contribution < 1.29 is 0 Å². The van der Waals surface area contributed by atoms with Crippen molar-refractivity contribution >= 4 is 22.4 Å². The molecule has 0 amide bonds. The monoisotopic (exact) mass is 228 g/mol. The predicted molar refractivity (Wildman–Crippen MR) is 67.4 cm³/mol. The van der Waals surface area contributed by atoms with Crippen LogP contribution in [0, 0.1) is 0 Å². The standard InChI is InChI=1S/C10H20N4S/c1-3-14(4-2)7-5-6-12-10-8-9(11)13-15-10/h8,12H,3-7H2,1-2H3,(H2,11,13). The fraction of sp³-hybridized carbons (Fsp3) is 0.700. The summed E-state index contributed by atoms with van der Waals surface area (Å²) in [7, 11) is 0. The quantitative estimate of drug-likeness (QED) is 0.700. The van der Waals surface area contributed by atoms with E-state index in [4.69, 9.17) is 5.73 Å². The molecule has 0 spiro atoms. The van der Waals surface area contributed by atoms with E-state index in [9.17, 15) is 0 Å². The molecule has 0 atom stereocenters. The first-order valence-electron chi connectivity index (χ1n) is 5.44. The third-order valence-corrected chi connectivity index (χ3v) is 3.13. The number of nitrogens with zero attached hydrogens (tertiary/aromatic N) is 2. The van der Waals surface area contributed by atoms with Gasteiger partial charge in [0.15, 0.2) is 0 Å². The lowest BCUT2D eigenvalue weighted by Crippen LogP contribution is -2.25. The van der Waals surface area contributed by atoms with Crippen LogP contribution in [0.3, 0.4) is 0 Å². The molecular formula is C10H20N4S. The van der Waals surface area contributed by atoms with Gasteiger partial charge in [0.2, 0.25) is 0 Å². The molecule has 1 aromatic heterocycles. The Bertz CT molecular complexity index is 270. The van der Waals surface area contributed by atoms with E-state index in [0.29, 0.717) is 5.82 Å². The summed E-state index contributed by atoms with van der Waals surface area (Å²) >= 11 is 1.42. The molecule has 1 aromatic rings.